The highest BCUT2D eigenvalue weighted by Gasteiger charge is 2.28. The molecule has 2 N–H and O–H groups in total. The van der Waals surface area contributed by atoms with E-state index >= 15 is 0 Å². The Balaban J connectivity index is 1.57. The van der Waals surface area contributed by atoms with Crippen LogP contribution in [0.5, 0.6) is 0 Å². The summed E-state index contributed by atoms with van der Waals surface area (Å²) in [6.07, 6.45) is 3.46. The fraction of sp³-hybridized carbons (Fsp3) is 0.429. The highest BCUT2D eigenvalue weighted by atomic mass is 16.5. The van der Waals surface area contributed by atoms with E-state index in [2.05, 4.69) is 31.6 Å². The zero-order valence-electron chi connectivity index (χ0n) is 11.7. The van der Waals surface area contributed by atoms with Crippen molar-refractivity contribution in [1.29, 1.82) is 5.26 Å². The summed E-state index contributed by atoms with van der Waals surface area (Å²) >= 11 is 0. The van der Waals surface area contributed by atoms with Crippen molar-refractivity contribution < 1.29 is 4.74 Å². The number of hydrogen-bond acceptors (Lipinski definition) is 6. The SMILES string of the molecule is Cc1cc(C#N)cc(NC[C@H]2CC[C@@H](c3ncn[nH]3)O2)n1. The molecule has 0 radical (unpaired) electrons. The lowest BCUT2D eigenvalue weighted by atomic mass is 10.2. The van der Waals surface area contributed by atoms with Crippen molar-refractivity contribution in [3.8, 4) is 6.07 Å². The molecule has 2 aromatic rings. The summed E-state index contributed by atoms with van der Waals surface area (Å²) in [7, 11) is 0. The first kappa shape index (κ1) is 13.5. The lowest BCUT2D eigenvalue weighted by Gasteiger charge is -2.13. The van der Waals surface area contributed by atoms with Crippen molar-refractivity contribution in [2.75, 3.05) is 11.9 Å². The minimum atomic E-state index is -0.0144. The molecule has 0 saturated carbocycles. The normalized spacial score (nSPS) is 21.1. The number of nitriles is 1. The van der Waals surface area contributed by atoms with Crippen molar-refractivity contribution in [3.05, 3.63) is 35.5 Å². The average Bonchev–Trinajstić information content (AvgIpc) is 3.15. The fourth-order valence-corrected chi connectivity index (χ4v) is 2.47. The van der Waals surface area contributed by atoms with Crippen LogP contribution >= 0.6 is 0 Å². The smallest absolute Gasteiger partial charge is 0.153 e. The second-order valence-corrected chi connectivity index (χ2v) is 5.07. The summed E-state index contributed by atoms with van der Waals surface area (Å²) in [6.45, 7) is 2.53. The lowest BCUT2D eigenvalue weighted by Crippen LogP contribution is -2.19. The minimum Gasteiger partial charge on any atom is -0.367 e. The summed E-state index contributed by atoms with van der Waals surface area (Å²) in [6, 6.07) is 5.64. The quantitative estimate of drug-likeness (QED) is 0.886. The van der Waals surface area contributed by atoms with E-state index in [9.17, 15) is 0 Å². The van der Waals surface area contributed by atoms with Crippen LogP contribution in [0.3, 0.4) is 0 Å². The topological polar surface area (TPSA) is 99.5 Å². The Morgan fingerprint density at radius 1 is 1.48 bits per heavy atom. The van der Waals surface area contributed by atoms with Crippen molar-refractivity contribution in [2.24, 2.45) is 0 Å². The van der Waals surface area contributed by atoms with Gasteiger partial charge in [0.05, 0.1) is 17.7 Å². The Morgan fingerprint density at radius 2 is 2.38 bits per heavy atom. The number of hydrogen-bond donors (Lipinski definition) is 2. The second kappa shape index (κ2) is 5.89. The molecule has 1 aliphatic rings. The Hall–Kier alpha value is -2.46. The van der Waals surface area contributed by atoms with E-state index in [0.29, 0.717) is 17.9 Å². The van der Waals surface area contributed by atoms with Crippen LogP contribution in [0.2, 0.25) is 0 Å². The number of ether oxygens (including phenoxy) is 1. The Kier molecular flexibility index (Phi) is 3.79. The number of rotatable bonds is 4. The highest BCUT2D eigenvalue weighted by molar-refractivity contribution is 5.44. The summed E-state index contributed by atoms with van der Waals surface area (Å²) in [5.74, 6) is 1.48. The third-order valence-corrected chi connectivity index (χ3v) is 3.44. The van der Waals surface area contributed by atoms with Gasteiger partial charge in [-0.1, -0.05) is 0 Å². The van der Waals surface area contributed by atoms with Crippen LogP contribution in [0, 0.1) is 18.3 Å². The first-order valence-corrected chi connectivity index (χ1v) is 6.88. The molecular formula is C14H16N6O. The number of anilines is 1. The van der Waals surface area contributed by atoms with Gasteiger partial charge in [0.2, 0.25) is 0 Å². The first-order chi connectivity index (χ1) is 10.2. The Morgan fingerprint density at radius 3 is 3.14 bits per heavy atom. The van der Waals surface area contributed by atoms with Gasteiger partial charge in [0, 0.05) is 12.2 Å². The maximum absolute atomic E-state index is 8.96. The van der Waals surface area contributed by atoms with Gasteiger partial charge in [-0.3, -0.25) is 5.10 Å². The number of aryl methyl sites for hydroxylation is 1. The molecule has 108 valence electrons. The van der Waals surface area contributed by atoms with E-state index in [1.54, 1.807) is 12.1 Å². The van der Waals surface area contributed by atoms with Crippen molar-refractivity contribution >= 4 is 5.82 Å². The molecule has 7 heteroatoms. The predicted molar refractivity (Wildman–Crippen MR) is 75.4 cm³/mol. The molecule has 0 bridgehead atoms. The van der Waals surface area contributed by atoms with E-state index < -0.39 is 0 Å². The van der Waals surface area contributed by atoms with E-state index in [1.165, 1.54) is 6.33 Å². The van der Waals surface area contributed by atoms with E-state index in [1.807, 2.05) is 6.92 Å². The van der Waals surface area contributed by atoms with Crippen molar-refractivity contribution in [1.82, 2.24) is 20.2 Å². The van der Waals surface area contributed by atoms with Crippen LogP contribution in [0.25, 0.3) is 0 Å². The standard InChI is InChI=1S/C14H16N6O/c1-9-4-10(6-15)5-13(19-9)16-7-11-2-3-12(21-11)14-17-8-18-20-14/h4-5,8,11-12H,2-3,7H2,1H3,(H,16,19)(H,17,18,20)/t11-,12+/m1/s1. The number of nitrogens with zero attached hydrogens (tertiary/aromatic N) is 4. The predicted octanol–water partition coefficient (Wildman–Crippen LogP) is 1.71. The number of aromatic nitrogens is 4. The second-order valence-electron chi connectivity index (χ2n) is 5.07. The number of nitrogens with one attached hydrogen (secondary N) is 2. The van der Waals surface area contributed by atoms with Gasteiger partial charge in [0.1, 0.15) is 18.2 Å². The molecule has 21 heavy (non-hydrogen) atoms. The molecule has 0 aromatic carbocycles. The van der Waals surface area contributed by atoms with Crippen LogP contribution < -0.4 is 5.32 Å². The summed E-state index contributed by atoms with van der Waals surface area (Å²) < 4.78 is 5.93. The Bertz CT molecular complexity index is 648. The number of H-pyrrole nitrogens is 1. The van der Waals surface area contributed by atoms with Gasteiger partial charge in [-0.2, -0.15) is 10.4 Å². The summed E-state index contributed by atoms with van der Waals surface area (Å²) in [5.41, 5.74) is 1.43. The van der Waals surface area contributed by atoms with Gasteiger partial charge in [-0.15, -0.1) is 0 Å². The Labute approximate surface area is 122 Å². The van der Waals surface area contributed by atoms with Gasteiger partial charge in [0.15, 0.2) is 5.82 Å². The van der Waals surface area contributed by atoms with Gasteiger partial charge < -0.3 is 10.1 Å². The fourth-order valence-electron chi connectivity index (χ4n) is 2.47. The monoisotopic (exact) mass is 284 g/mol. The lowest BCUT2D eigenvalue weighted by molar-refractivity contribution is 0.0472. The van der Waals surface area contributed by atoms with E-state index in [-0.39, 0.29) is 12.2 Å². The molecule has 3 rings (SSSR count). The molecular weight excluding hydrogens is 268 g/mol. The molecule has 7 nitrogen and oxygen atoms in total. The number of pyridine rings is 1. The maximum Gasteiger partial charge on any atom is 0.153 e. The molecule has 1 aliphatic heterocycles. The third kappa shape index (κ3) is 3.17. The van der Waals surface area contributed by atoms with Gasteiger partial charge >= 0.3 is 0 Å². The van der Waals surface area contributed by atoms with Crippen molar-refractivity contribution in [3.63, 3.8) is 0 Å². The molecule has 3 heterocycles. The summed E-state index contributed by atoms with van der Waals surface area (Å²) in [4.78, 5) is 8.49. The zero-order chi connectivity index (χ0) is 14.7. The minimum absolute atomic E-state index is 0.0144. The molecule has 0 amide bonds. The first-order valence-electron chi connectivity index (χ1n) is 6.88. The van der Waals surface area contributed by atoms with Crippen molar-refractivity contribution in [2.45, 2.75) is 32.0 Å². The maximum atomic E-state index is 8.96. The molecule has 2 atom stereocenters. The van der Waals surface area contributed by atoms with E-state index in [0.717, 1.165) is 24.4 Å². The third-order valence-electron chi connectivity index (χ3n) is 3.44. The van der Waals surface area contributed by atoms with Crippen LogP contribution in [-0.2, 0) is 4.74 Å². The van der Waals surface area contributed by atoms with E-state index in [4.69, 9.17) is 10.00 Å². The number of aromatic amines is 1. The van der Waals surface area contributed by atoms with Gasteiger partial charge in [-0.05, 0) is 31.9 Å². The summed E-state index contributed by atoms with van der Waals surface area (Å²) in [5, 5.41) is 18.9. The van der Waals surface area contributed by atoms with Gasteiger partial charge in [-0.25, -0.2) is 9.97 Å². The molecule has 2 aromatic heterocycles. The molecule has 1 saturated heterocycles. The largest absolute Gasteiger partial charge is 0.367 e. The van der Waals surface area contributed by atoms with Crippen LogP contribution in [0.4, 0.5) is 5.82 Å². The van der Waals surface area contributed by atoms with Crippen LogP contribution in [0.1, 0.15) is 36.0 Å². The molecule has 0 spiro atoms. The van der Waals surface area contributed by atoms with Crippen LogP contribution in [0.15, 0.2) is 18.5 Å². The zero-order valence-corrected chi connectivity index (χ0v) is 11.7. The highest BCUT2D eigenvalue weighted by Crippen LogP contribution is 2.30. The molecule has 0 unspecified atom stereocenters. The molecule has 1 fully saturated rings. The van der Waals surface area contributed by atoms with Gasteiger partial charge in [0.25, 0.3) is 0 Å². The molecule has 0 aliphatic carbocycles. The van der Waals surface area contributed by atoms with Crippen LogP contribution in [-0.4, -0.2) is 32.8 Å². The average molecular weight is 284 g/mol.